The number of amides is 1. The smallest absolute Gasteiger partial charge is 0.232 e. The Balaban J connectivity index is 1.74. The number of carbonyl (C=O) groups is 1. The van der Waals surface area contributed by atoms with Crippen LogP contribution in [0.5, 0.6) is 0 Å². The molecule has 0 fully saturated rings. The van der Waals surface area contributed by atoms with Gasteiger partial charge >= 0.3 is 0 Å². The summed E-state index contributed by atoms with van der Waals surface area (Å²) < 4.78 is 0. The van der Waals surface area contributed by atoms with Crippen LogP contribution in [0.4, 0.5) is 10.8 Å². The third-order valence-electron chi connectivity index (χ3n) is 3.44. The maximum atomic E-state index is 12.4. The molecule has 3 rings (SSSR count). The van der Waals surface area contributed by atoms with Crippen molar-refractivity contribution in [3.8, 4) is 11.3 Å². The Morgan fingerprint density at radius 1 is 1.26 bits per heavy atom. The second kappa shape index (κ2) is 6.58. The van der Waals surface area contributed by atoms with Crippen molar-refractivity contribution >= 4 is 28.1 Å². The van der Waals surface area contributed by atoms with E-state index in [1.165, 1.54) is 11.3 Å². The van der Waals surface area contributed by atoms with Gasteiger partial charge in [-0.15, -0.1) is 11.3 Å². The summed E-state index contributed by atoms with van der Waals surface area (Å²) in [7, 11) is 1.74. The standard InChI is InChI=1S/C17H16N4OS/c1-21(16(22)10-12-3-2-4-14(18)9-12)17-20-15(11-23-17)13-5-7-19-8-6-13/h2-9,11H,10,18H2,1H3. The highest BCUT2D eigenvalue weighted by Gasteiger charge is 2.15. The number of anilines is 2. The van der Waals surface area contributed by atoms with E-state index in [-0.39, 0.29) is 5.91 Å². The van der Waals surface area contributed by atoms with Crippen LogP contribution in [0, 0.1) is 0 Å². The van der Waals surface area contributed by atoms with E-state index in [9.17, 15) is 4.79 Å². The summed E-state index contributed by atoms with van der Waals surface area (Å²) >= 11 is 1.44. The van der Waals surface area contributed by atoms with E-state index in [4.69, 9.17) is 5.73 Å². The highest BCUT2D eigenvalue weighted by atomic mass is 32.1. The topological polar surface area (TPSA) is 72.1 Å². The molecule has 116 valence electrons. The van der Waals surface area contributed by atoms with Crippen LogP contribution in [0.1, 0.15) is 5.56 Å². The van der Waals surface area contributed by atoms with E-state index in [2.05, 4.69) is 9.97 Å². The second-order valence-electron chi connectivity index (χ2n) is 5.13. The van der Waals surface area contributed by atoms with Crippen molar-refractivity contribution in [3.63, 3.8) is 0 Å². The van der Waals surface area contributed by atoms with Gasteiger partial charge in [0.25, 0.3) is 0 Å². The molecule has 0 atom stereocenters. The zero-order valence-corrected chi connectivity index (χ0v) is 13.5. The number of nitrogen functional groups attached to an aromatic ring is 1. The second-order valence-corrected chi connectivity index (χ2v) is 5.96. The summed E-state index contributed by atoms with van der Waals surface area (Å²) in [5, 5.41) is 2.61. The fourth-order valence-corrected chi connectivity index (χ4v) is 2.99. The maximum Gasteiger partial charge on any atom is 0.232 e. The van der Waals surface area contributed by atoms with Crippen molar-refractivity contribution in [3.05, 3.63) is 59.7 Å². The van der Waals surface area contributed by atoms with E-state index < -0.39 is 0 Å². The minimum Gasteiger partial charge on any atom is -0.399 e. The first-order valence-corrected chi connectivity index (χ1v) is 7.98. The zero-order chi connectivity index (χ0) is 16.2. The molecule has 0 saturated carbocycles. The Labute approximate surface area is 138 Å². The first-order chi connectivity index (χ1) is 11.1. The van der Waals surface area contributed by atoms with Gasteiger partial charge in [0.15, 0.2) is 5.13 Å². The minimum absolute atomic E-state index is 0.0220. The summed E-state index contributed by atoms with van der Waals surface area (Å²) in [6.45, 7) is 0. The zero-order valence-electron chi connectivity index (χ0n) is 12.6. The summed E-state index contributed by atoms with van der Waals surface area (Å²) in [5.41, 5.74) is 9.13. The number of aromatic nitrogens is 2. The maximum absolute atomic E-state index is 12.4. The lowest BCUT2D eigenvalue weighted by Crippen LogP contribution is -2.27. The fourth-order valence-electron chi connectivity index (χ4n) is 2.18. The molecule has 0 aliphatic rings. The quantitative estimate of drug-likeness (QED) is 0.749. The number of likely N-dealkylation sites (N-methyl/N-ethyl adjacent to an activating group) is 1. The van der Waals surface area contributed by atoms with Gasteiger partial charge in [-0.25, -0.2) is 4.98 Å². The summed E-state index contributed by atoms with van der Waals surface area (Å²) in [6, 6.07) is 11.2. The molecule has 2 aromatic heterocycles. The van der Waals surface area contributed by atoms with Crippen LogP contribution in [0.3, 0.4) is 0 Å². The first-order valence-electron chi connectivity index (χ1n) is 7.10. The number of carbonyl (C=O) groups excluding carboxylic acids is 1. The predicted molar refractivity (Wildman–Crippen MR) is 93.3 cm³/mol. The number of pyridine rings is 1. The summed E-state index contributed by atoms with van der Waals surface area (Å²) in [5.74, 6) is -0.0220. The van der Waals surface area contributed by atoms with Crippen molar-refractivity contribution in [1.29, 1.82) is 0 Å². The lowest BCUT2D eigenvalue weighted by molar-refractivity contribution is -0.117. The lowest BCUT2D eigenvalue weighted by atomic mass is 10.1. The number of nitrogens with two attached hydrogens (primary N) is 1. The van der Waals surface area contributed by atoms with Gasteiger partial charge in [-0.1, -0.05) is 12.1 Å². The van der Waals surface area contributed by atoms with E-state index in [1.807, 2.05) is 35.7 Å². The van der Waals surface area contributed by atoms with E-state index in [0.717, 1.165) is 16.8 Å². The van der Waals surface area contributed by atoms with Gasteiger partial charge in [0, 0.05) is 36.1 Å². The molecule has 2 N–H and O–H groups in total. The van der Waals surface area contributed by atoms with Crippen molar-refractivity contribution in [2.24, 2.45) is 0 Å². The predicted octanol–water partition coefficient (Wildman–Crippen LogP) is 2.99. The van der Waals surface area contributed by atoms with E-state index in [1.54, 1.807) is 30.4 Å². The average Bonchev–Trinajstić information content (AvgIpc) is 3.05. The van der Waals surface area contributed by atoms with Crippen LogP contribution in [0.15, 0.2) is 54.2 Å². The molecule has 0 unspecified atom stereocenters. The average molecular weight is 324 g/mol. The van der Waals surface area contributed by atoms with Crippen molar-refractivity contribution in [2.45, 2.75) is 6.42 Å². The SMILES string of the molecule is CN(C(=O)Cc1cccc(N)c1)c1nc(-c2ccncc2)cs1. The Kier molecular flexibility index (Phi) is 4.34. The molecular weight excluding hydrogens is 308 g/mol. The molecule has 1 aromatic carbocycles. The van der Waals surface area contributed by atoms with Gasteiger partial charge < -0.3 is 5.73 Å². The summed E-state index contributed by atoms with van der Waals surface area (Å²) in [6.07, 6.45) is 3.75. The van der Waals surface area contributed by atoms with Gasteiger partial charge in [0.2, 0.25) is 5.91 Å². The fraction of sp³-hybridized carbons (Fsp3) is 0.118. The molecule has 0 aliphatic carbocycles. The van der Waals surface area contributed by atoms with Crippen LogP contribution in [-0.2, 0) is 11.2 Å². The minimum atomic E-state index is -0.0220. The normalized spacial score (nSPS) is 10.5. The monoisotopic (exact) mass is 324 g/mol. The molecule has 23 heavy (non-hydrogen) atoms. The van der Waals surface area contributed by atoms with Crippen LogP contribution in [0.2, 0.25) is 0 Å². The van der Waals surface area contributed by atoms with Crippen molar-refractivity contribution in [1.82, 2.24) is 9.97 Å². The van der Waals surface area contributed by atoms with Gasteiger partial charge in [0.05, 0.1) is 12.1 Å². The molecule has 0 radical (unpaired) electrons. The molecule has 3 aromatic rings. The number of rotatable bonds is 4. The molecular formula is C17H16N4OS. The summed E-state index contributed by atoms with van der Waals surface area (Å²) in [4.78, 5) is 22.5. The number of hydrogen-bond acceptors (Lipinski definition) is 5. The van der Waals surface area contributed by atoms with Crippen LogP contribution in [0.25, 0.3) is 11.3 Å². The van der Waals surface area contributed by atoms with Crippen LogP contribution < -0.4 is 10.6 Å². The highest BCUT2D eigenvalue weighted by Crippen LogP contribution is 2.26. The Morgan fingerprint density at radius 2 is 2.04 bits per heavy atom. The van der Waals surface area contributed by atoms with E-state index >= 15 is 0 Å². The van der Waals surface area contributed by atoms with Gasteiger partial charge in [-0.2, -0.15) is 0 Å². The Bertz CT molecular complexity index is 816. The molecule has 1 amide bonds. The third-order valence-corrected chi connectivity index (χ3v) is 4.35. The van der Waals surface area contributed by atoms with Gasteiger partial charge in [-0.3, -0.25) is 14.7 Å². The molecule has 6 heteroatoms. The highest BCUT2D eigenvalue weighted by molar-refractivity contribution is 7.14. The number of hydrogen-bond donors (Lipinski definition) is 1. The first kappa shape index (κ1) is 15.2. The molecule has 0 bridgehead atoms. The van der Waals surface area contributed by atoms with Crippen molar-refractivity contribution in [2.75, 3.05) is 17.7 Å². The largest absolute Gasteiger partial charge is 0.399 e. The molecule has 2 heterocycles. The molecule has 0 spiro atoms. The lowest BCUT2D eigenvalue weighted by Gasteiger charge is -2.13. The number of nitrogens with zero attached hydrogens (tertiary/aromatic N) is 3. The number of thiazole rings is 1. The Hall–Kier alpha value is -2.73. The van der Waals surface area contributed by atoms with Crippen LogP contribution in [-0.4, -0.2) is 22.9 Å². The van der Waals surface area contributed by atoms with E-state index in [0.29, 0.717) is 17.2 Å². The van der Waals surface area contributed by atoms with Gasteiger partial charge in [-0.05, 0) is 29.8 Å². The van der Waals surface area contributed by atoms with Crippen molar-refractivity contribution < 1.29 is 4.79 Å². The third kappa shape index (κ3) is 3.54. The number of benzene rings is 1. The molecule has 5 nitrogen and oxygen atoms in total. The molecule has 0 aliphatic heterocycles. The molecule has 0 saturated heterocycles. The Morgan fingerprint density at radius 3 is 2.78 bits per heavy atom. The van der Waals surface area contributed by atoms with Gasteiger partial charge in [0.1, 0.15) is 0 Å². The van der Waals surface area contributed by atoms with Crippen LogP contribution >= 0.6 is 11.3 Å².